The van der Waals surface area contributed by atoms with Gasteiger partial charge in [0.2, 0.25) is 11.5 Å². The summed E-state index contributed by atoms with van der Waals surface area (Å²) in [7, 11) is 1.38. The summed E-state index contributed by atoms with van der Waals surface area (Å²) in [5.74, 6) is -0.238. The number of nitrogens with zero attached hydrogens (tertiary/aromatic N) is 4. The van der Waals surface area contributed by atoms with Crippen molar-refractivity contribution >= 4 is 27.5 Å². The standard InChI is InChI=1S/C11H7BrFN5O2/c1-14-16-10(9-11(19-2)18-20-17-9)15-6-3-4-8(13)7(12)5-6/h3-5H,2H3,(H,15,16). The second kappa shape index (κ2) is 6.12. The van der Waals surface area contributed by atoms with Crippen LogP contribution in [0.25, 0.3) is 4.95 Å². The van der Waals surface area contributed by atoms with Gasteiger partial charge < -0.3 is 10.1 Å². The Balaban J connectivity index is 2.34. The number of ether oxygens (including phenoxy) is 1. The first-order valence-corrected chi connectivity index (χ1v) is 5.98. The van der Waals surface area contributed by atoms with Gasteiger partial charge in [0.15, 0.2) is 0 Å². The lowest BCUT2D eigenvalue weighted by Gasteiger charge is -2.05. The van der Waals surface area contributed by atoms with Crippen molar-refractivity contribution in [1.82, 2.24) is 10.3 Å². The summed E-state index contributed by atoms with van der Waals surface area (Å²) in [6.07, 6.45) is 0. The molecule has 1 aromatic carbocycles. The van der Waals surface area contributed by atoms with Crippen LogP contribution in [0.4, 0.5) is 10.1 Å². The number of nitrogens with one attached hydrogen (secondary N) is 1. The van der Waals surface area contributed by atoms with E-state index in [1.54, 1.807) is 0 Å². The van der Waals surface area contributed by atoms with E-state index in [0.717, 1.165) is 0 Å². The van der Waals surface area contributed by atoms with Crippen LogP contribution in [0.5, 0.6) is 5.88 Å². The lowest BCUT2D eigenvalue weighted by Crippen LogP contribution is -2.14. The molecule has 7 nitrogen and oxygen atoms in total. The van der Waals surface area contributed by atoms with E-state index in [2.05, 4.69) is 46.2 Å². The summed E-state index contributed by atoms with van der Waals surface area (Å²) < 4.78 is 22.9. The summed E-state index contributed by atoms with van der Waals surface area (Å²) in [5.41, 5.74) is 0.648. The fourth-order valence-corrected chi connectivity index (χ4v) is 1.73. The molecule has 0 bridgehead atoms. The Bertz CT molecular complexity index is 694. The van der Waals surface area contributed by atoms with E-state index in [0.29, 0.717) is 5.69 Å². The maximum absolute atomic E-state index is 13.2. The van der Waals surface area contributed by atoms with Gasteiger partial charge in [0.05, 0.1) is 11.6 Å². The molecule has 0 aliphatic carbocycles. The SMILES string of the molecule is [C-]#[N+]/N=C(\Nc1ccc(F)c(Br)c1)c1nonc1OC. The van der Waals surface area contributed by atoms with Crippen LogP contribution in [-0.4, -0.2) is 23.3 Å². The summed E-state index contributed by atoms with van der Waals surface area (Å²) in [6.45, 7) is 6.81. The molecule has 0 radical (unpaired) electrons. The van der Waals surface area contributed by atoms with Crippen LogP contribution in [0.1, 0.15) is 5.69 Å². The maximum atomic E-state index is 13.2. The Kier molecular flexibility index (Phi) is 4.27. The molecule has 0 unspecified atom stereocenters. The molecule has 0 atom stereocenters. The van der Waals surface area contributed by atoms with Crippen LogP contribution >= 0.6 is 15.9 Å². The van der Waals surface area contributed by atoms with Gasteiger partial charge in [0.25, 0.3) is 5.88 Å². The molecule has 2 rings (SSSR count). The average Bonchev–Trinajstić information content (AvgIpc) is 2.90. The molecule has 1 heterocycles. The third-order valence-electron chi connectivity index (χ3n) is 2.21. The van der Waals surface area contributed by atoms with E-state index in [1.807, 2.05) is 0 Å². The highest BCUT2D eigenvalue weighted by Gasteiger charge is 2.20. The van der Waals surface area contributed by atoms with Crippen molar-refractivity contribution in [3.05, 3.63) is 45.7 Å². The molecule has 102 valence electrons. The smallest absolute Gasteiger partial charge is 0.287 e. The minimum atomic E-state index is -0.403. The van der Waals surface area contributed by atoms with Gasteiger partial charge in [0, 0.05) is 5.69 Å². The first kappa shape index (κ1) is 14.0. The number of methoxy groups -OCH3 is 1. The van der Waals surface area contributed by atoms with Crippen molar-refractivity contribution in [2.75, 3.05) is 12.4 Å². The highest BCUT2D eigenvalue weighted by atomic mass is 79.9. The lowest BCUT2D eigenvalue weighted by molar-refractivity contribution is 0.281. The van der Waals surface area contributed by atoms with Crippen molar-refractivity contribution in [3.8, 4) is 5.88 Å². The molecular formula is C11H7BrFN5O2. The summed E-state index contributed by atoms with van der Waals surface area (Å²) >= 11 is 3.07. The van der Waals surface area contributed by atoms with E-state index in [4.69, 9.17) is 11.3 Å². The molecule has 0 fully saturated rings. The molecule has 0 aliphatic heterocycles. The second-order valence-corrected chi connectivity index (χ2v) is 4.28. The van der Waals surface area contributed by atoms with E-state index in [-0.39, 0.29) is 21.9 Å². The van der Waals surface area contributed by atoms with Crippen LogP contribution in [0, 0.1) is 12.4 Å². The number of anilines is 1. The van der Waals surface area contributed by atoms with Gasteiger partial charge in [-0.25, -0.2) is 9.02 Å². The van der Waals surface area contributed by atoms with Gasteiger partial charge >= 0.3 is 0 Å². The monoisotopic (exact) mass is 339 g/mol. The quantitative estimate of drug-likeness (QED) is 0.402. The fourth-order valence-electron chi connectivity index (χ4n) is 1.35. The molecule has 2 aromatic rings. The van der Waals surface area contributed by atoms with Gasteiger partial charge in [-0.15, -0.1) is 4.95 Å². The summed E-state index contributed by atoms with van der Waals surface area (Å²) in [6, 6.07) is 4.24. The molecule has 0 aliphatic rings. The number of hydrogen-bond donors (Lipinski definition) is 1. The second-order valence-electron chi connectivity index (χ2n) is 3.42. The minimum Gasteiger partial charge on any atom is -0.477 e. The number of hydrogen-bond acceptors (Lipinski definition) is 5. The largest absolute Gasteiger partial charge is 0.477 e. The molecule has 0 saturated carbocycles. The lowest BCUT2D eigenvalue weighted by atomic mass is 10.3. The van der Waals surface area contributed by atoms with Crippen LogP contribution in [0.3, 0.4) is 0 Å². The topological polar surface area (TPSA) is 76.9 Å². The predicted molar refractivity (Wildman–Crippen MR) is 71.7 cm³/mol. The highest BCUT2D eigenvalue weighted by Crippen LogP contribution is 2.21. The zero-order chi connectivity index (χ0) is 14.5. The third-order valence-corrected chi connectivity index (χ3v) is 2.82. The number of amidine groups is 1. The number of benzene rings is 1. The van der Waals surface area contributed by atoms with E-state index in [1.165, 1.54) is 25.3 Å². The number of aromatic nitrogens is 2. The molecular weight excluding hydrogens is 333 g/mol. The Hall–Kier alpha value is -2.47. The Morgan fingerprint density at radius 2 is 2.35 bits per heavy atom. The first-order chi connectivity index (χ1) is 9.65. The van der Waals surface area contributed by atoms with Crippen molar-refractivity contribution < 1.29 is 13.8 Å². The number of rotatable bonds is 3. The molecule has 1 aromatic heterocycles. The first-order valence-electron chi connectivity index (χ1n) is 5.19. The molecule has 1 N–H and O–H groups in total. The van der Waals surface area contributed by atoms with Crippen molar-refractivity contribution in [1.29, 1.82) is 0 Å². The zero-order valence-corrected chi connectivity index (χ0v) is 11.7. The molecule has 9 heteroatoms. The Morgan fingerprint density at radius 3 is 3.00 bits per heavy atom. The third kappa shape index (κ3) is 2.92. The van der Waals surface area contributed by atoms with E-state index in [9.17, 15) is 4.39 Å². The van der Waals surface area contributed by atoms with Gasteiger partial charge in [0.1, 0.15) is 10.9 Å². The van der Waals surface area contributed by atoms with Gasteiger partial charge in [-0.1, -0.05) is 0 Å². The van der Waals surface area contributed by atoms with Gasteiger partial charge in [-0.05, 0) is 44.4 Å². The molecule has 20 heavy (non-hydrogen) atoms. The van der Waals surface area contributed by atoms with Crippen molar-refractivity contribution in [3.63, 3.8) is 0 Å². The average molecular weight is 340 g/mol. The van der Waals surface area contributed by atoms with Crippen LogP contribution in [0.15, 0.2) is 32.4 Å². The summed E-state index contributed by atoms with van der Waals surface area (Å²) in [5, 5.41) is 13.5. The molecule has 0 spiro atoms. The van der Waals surface area contributed by atoms with Crippen LogP contribution in [0.2, 0.25) is 0 Å². The van der Waals surface area contributed by atoms with Crippen molar-refractivity contribution in [2.24, 2.45) is 5.10 Å². The van der Waals surface area contributed by atoms with Crippen LogP contribution in [-0.2, 0) is 0 Å². The van der Waals surface area contributed by atoms with Gasteiger partial charge in [-0.3, -0.25) is 0 Å². The highest BCUT2D eigenvalue weighted by molar-refractivity contribution is 9.10. The van der Waals surface area contributed by atoms with E-state index < -0.39 is 5.82 Å². The fraction of sp³-hybridized carbons (Fsp3) is 0.0909. The zero-order valence-electron chi connectivity index (χ0n) is 10.1. The summed E-state index contributed by atoms with van der Waals surface area (Å²) in [4.78, 5) is 2.93. The Labute approximate surface area is 121 Å². The normalized spacial score (nSPS) is 11.0. The Morgan fingerprint density at radius 1 is 1.55 bits per heavy atom. The predicted octanol–water partition coefficient (Wildman–Crippen LogP) is 2.67. The van der Waals surface area contributed by atoms with Crippen LogP contribution < -0.4 is 10.1 Å². The molecule has 0 amide bonds. The number of halogens is 2. The van der Waals surface area contributed by atoms with E-state index >= 15 is 0 Å². The van der Waals surface area contributed by atoms with Gasteiger partial charge in [-0.2, -0.15) is 6.57 Å². The van der Waals surface area contributed by atoms with Crippen molar-refractivity contribution in [2.45, 2.75) is 0 Å². The maximum Gasteiger partial charge on any atom is 0.287 e. The molecule has 0 saturated heterocycles. The minimum absolute atomic E-state index is 0.0802.